The van der Waals surface area contributed by atoms with E-state index in [-0.39, 0.29) is 54.7 Å². The van der Waals surface area contributed by atoms with Crippen LogP contribution < -0.4 is 10.1 Å². The summed E-state index contributed by atoms with van der Waals surface area (Å²) in [6.45, 7) is 0.946. The van der Waals surface area contributed by atoms with Gasteiger partial charge in [-0.05, 0) is 23.8 Å². The summed E-state index contributed by atoms with van der Waals surface area (Å²) in [7, 11) is -2.54. The molecule has 2 aromatic carbocycles. The summed E-state index contributed by atoms with van der Waals surface area (Å²) < 4.78 is 51.6. The molecule has 3 rings (SSSR count). The molecule has 1 N–H and O–H groups in total. The molecule has 1 amide bonds. The predicted molar refractivity (Wildman–Crippen MR) is 108 cm³/mol. The number of carbonyl (C=O) groups is 1. The Morgan fingerprint density at radius 3 is 2.61 bits per heavy atom. The number of nitro groups is 1. The Kier molecular flexibility index (Phi) is 6.83. The Morgan fingerprint density at radius 1 is 1.26 bits per heavy atom. The number of amides is 1. The average Bonchev–Trinajstić information content (AvgIpc) is 2.75. The van der Waals surface area contributed by atoms with Gasteiger partial charge in [0, 0.05) is 25.2 Å². The van der Waals surface area contributed by atoms with Gasteiger partial charge < -0.3 is 14.8 Å². The van der Waals surface area contributed by atoms with E-state index in [1.54, 1.807) is 0 Å². The Balaban J connectivity index is 1.82. The molecule has 0 radical (unpaired) electrons. The lowest BCUT2D eigenvalue weighted by atomic mass is 10.1. The first-order chi connectivity index (χ1) is 14.7. The van der Waals surface area contributed by atoms with E-state index in [1.807, 2.05) is 0 Å². The van der Waals surface area contributed by atoms with Crippen molar-refractivity contribution in [2.45, 2.75) is 11.3 Å². The highest BCUT2D eigenvalue weighted by Gasteiger charge is 2.29. The number of carbonyl (C=O) groups excluding carboxylic acids is 1. The number of anilines is 1. The van der Waals surface area contributed by atoms with E-state index in [0.717, 1.165) is 18.2 Å². The molecule has 1 heterocycles. The number of morpholine rings is 1. The number of hydrogen-bond acceptors (Lipinski definition) is 7. The topological polar surface area (TPSA) is 128 Å². The molecule has 0 unspecified atom stereocenters. The standard InChI is InChI=1S/C19H20FN3O7S/c1-29-17-5-2-13(10-18(17)31(27,28)22-6-8-30-9-7-22)11-19(24)21-16-12-14(23(25)26)3-4-15(16)20/h2-5,10,12H,6-9,11H2,1H3,(H,21,24). The van der Waals surface area contributed by atoms with Crippen LogP contribution in [-0.2, 0) is 26.0 Å². The Morgan fingerprint density at radius 2 is 1.97 bits per heavy atom. The van der Waals surface area contributed by atoms with Gasteiger partial charge in [-0.2, -0.15) is 4.31 Å². The molecule has 0 spiro atoms. The molecule has 0 bridgehead atoms. The predicted octanol–water partition coefficient (Wildman–Crippen LogP) is 1.94. The van der Waals surface area contributed by atoms with E-state index in [2.05, 4.69) is 5.32 Å². The third-order valence-electron chi connectivity index (χ3n) is 4.62. The van der Waals surface area contributed by atoms with Gasteiger partial charge in [-0.25, -0.2) is 12.8 Å². The smallest absolute Gasteiger partial charge is 0.271 e. The molecule has 0 saturated carbocycles. The van der Waals surface area contributed by atoms with Crippen molar-refractivity contribution in [1.82, 2.24) is 4.31 Å². The maximum Gasteiger partial charge on any atom is 0.271 e. The van der Waals surface area contributed by atoms with Crippen LogP contribution in [-0.4, -0.2) is 57.0 Å². The number of nitrogens with one attached hydrogen (secondary N) is 1. The first-order valence-electron chi connectivity index (χ1n) is 9.21. The molecule has 12 heteroatoms. The van der Waals surface area contributed by atoms with E-state index in [1.165, 1.54) is 29.6 Å². The summed E-state index contributed by atoms with van der Waals surface area (Å²) in [6, 6.07) is 7.05. The van der Waals surface area contributed by atoms with Gasteiger partial charge in [0.15, 0.2) is 0 Å². The number of non-ortho nitro benzene ring substituents is 1. The number of ether oxygens (including phenoxy) is 2. The normalized spacial score (nSPS) is 14.8. The fourth-order valence-electron chi connectivity index (χ4n) is 3.06. The fraction of sp³-hybridized carbons (Fsp3) is 0.316. The number of hydrogen-bond donors (Lipinski definition) is 1. The number of halogens is 1. The van der Waals surface area contributed by atoms with Gasteiger partial charge in [-0.15, -0.1) is 0 Å². The highest BCUT2D eigenvalue weighted by atomic mass is 32.2. The minimum absolute atomic E-state index is 0.0938. The van der Waals surface area contributed by atoms with Crippen LogP contribution in [0.5, 0.6) is 5.75 Å². The quantitative estimate of drug-likeness (QED) is 0.501. The zero-order valence-electron chi connectivity index (χ0n) is 16.5. The molecule has 10 nitrogen and oxygen atoms in total. The lowest BCUT2D eigenvalue weighted by molar-refractivity contribution is -0.384. The van der Waals surface area contributed by atoms with E-state index in [9.17, 15) is 27.7 Å². The van der Waals surface area contributed by atoms with Crippen molar-refractivity contribution in [1.29, 1.82) is 0 Å². The maximum absolute atomic E-state index is 13.9. The van der Waals surface area contributed by atoms with Crippen molar-refractivity contribution in [3.63, 3.8) is 0 Å². The van der Waals surface area contributed by atoms with Crippen LogP contribution >= 0.6 is 0 Å². The van der Waals surface area contributed by atoms with Crippen LogP contribution in [0.15, 0.2) is 41.3 Å². The van der Waals surface area contributed by atoms with Gasteiger partial charge in [0.1, 0.15) is 16.5 Å². The second kappa shape index (κ2) is 9.37. The Labute approximate surface area is 177 Å². The average molecular weight is 453 g/mol. The van der Waals surface area contributed by atoms with Gasteiger partial charge in [-0.1, -0.05) is 6.07 Å². The third-order valence-corrected chi connectivity index (χ3v) is 6.54. The van der Waals surface area contributed by atoms with Crippen LogP contribution in [0, 0.1) is 15.9 Å². The molecule has 1 fully saturated rings. The molecular weight excluding hydrogens is 433 g/mol. The summed E-state index contributed by atoms with van der Waals surface area (Å²) >= 11 is 0. The highest BCUT2D eigenvalue weighted by molar-refractivity contribution is 7.89. The molecule has 0 aliphatic carbocycles. The zero-order valence-corrected chi connectivity index (χ0v) is 17.4. The fourth-order valence-corrected chi connectivity index (χ4v) is 4.67. The molecule has 1 aliphatic rings. The van der Waals surface area contributed by atoms with Crippen molar-refractivity contribution >= 4 is 27.3 Å². The first kappa shape index (κ1) is 22.6. The van der Waals surface area contributed by atoms with Crippen LogP contribution in [0.25, 0.3) is 0 Å². The number of nitrogens with zero attached hydrogens (tertiary/aromatic N) is 2. The largest absolute Gasteiger partial charge is 0.495 e. The van der Waals surface area contributed by atoms with Crippen LogP contribution in [0.4, 0.5) is 15.8 Å². The van der Waals surface area contributed by atoms with Gasteiger partial charge in [0.25, 0.3) is 5.69 Å². The monoisotopic (exact) mass is 453 g/mol. The number of rotatable bonds is 7. The lowest BCUT2D eigenvalue weighted by Crippen LogP contribution is -2.40. The zero-order chi connectivity index (χ0) is 22.6. The van der Waals surface area contributed by atoms with E-state index < -0.39 is 26.7 Å². The second-order valence-corrected chi connectivity index (χ2v) is 8.55. The summed E-state index contributed by atoms with van der Waals surface area (Å²) in [5, 5.41) is 13.1. The molecule has 2 aromatic rings. The van der Waals surface area contributed by atoms with Crippen molar-refractivity contribution in [2.24, 2.45) is 0 Å². The van der Waals surface area contributed by atoms with Gasteiger partial charge in [0.05, 0.1) is 37.4 Å². The summed E-state index contributed by atoms with van der Waals surface area (Å²) in [5.74, 6) is -1.37. The SMILES string of the molecule is COc1ccc(CC(=O)Nc2cc([N+](=O)[O-])ccc2F)cc1S(=O)(=O)N1CCOCC1. The van der Waals surface area contributed by atoms with Crippen LogP contribution in [0.1, 0.15) is 5.56 Å². The van der Waals surface area contributed by atoms with E-state index >= 15 is 0 Å². The summed E-state index contributed by atoms with van der Waals surface area (Å²) in [5.41, 5.74) is -0.370. The number of sulfonamides is 1. The summed E-state index contributed by atoms with van der Waals surface area (Å²) in [4.78, 5) is 22.4. The minimum atomic E-state index is -3.88. The van der Waals surface area contributed by atoms with Crippen molar-refractivity contribution in [3.05, 3.63) is 57.9 Å². The van der Waals surface area contributed by atoms with Gasteiger partial charge >= 0.3 is 0 Å². The maximum atomic E-state index is 13.9. The van der Waals surface area contributed by atoms with Crippen molar-refractivity contribution in [3.8, 4) is 5.75 Å². The van der Waals surface area contributed by atoms with Crippen molar-refractivity contribution in [2.75, 3.05) is 38.7 Å². The van der Waals surface area contributed by atoms with Crippen LogP contribution in [0.2, 0.25) is 0 Å². The van der Waals surface area contributed by atoms with E-state index in [4.69, 9.17) is 9.47 Å². The summed E-state index contributed by atoms with van der Waals surface area (Å²) in [6.07, 6.45) is -0.280. The third kappa shape index (κ3) is 5.16. The number of methoxy groups -OCH3 is 1. The highest BCUT2D eigenvalue weighted by Crippen LogP contribution is 2.29. The molecule has 0 atom stereocenters. The van der Waals surface area contributed by atoms with Gasteiger partial charge in [-0.3, -0.25) is 14.9 Å². The first-order valence-corrected chi connectivity index (χ1v) is 10.6. The minimum Gasteiger partial charge on any atom is -0.495 e. The molecule has 1 aliphatic heterocycles. The Bertz CT molecular complexity index is 1100. The Hall–Kier alpha value is -3.09. The second-order valence-electron chi connectivity index (χ2n) is 6.65. The number of benzene rings is 2. The van der Waals surface area contributed by atoms with Crippen molar-refractivity contribution < 1.29 is 32.0 Å². The lowest BCUT2D eigenvalue weighted by Gasteiger charge is -2.26. The molecular formula is C19H20FN3O7S. The molecule has 31 heavy (non-hydrogen) atoms. The van der Waals surface area contributed by atoms with E-state index in [0.29, 0.717) is 5.56 Å². The van der Waals surface area contributed by atoms with Gasteiger partial charge in [0.2, 0.25) is 15.9 Å². The van der Waals surface area contributed by atoms with Crippen LogP contribution in [0.3, 0.4) is 0 Å². The number of nitro benzene ring substituents is 1. The molecule has 0 aromatic heterocycles. The molecule has 1 saturated heterocycles. The molecule has 166 valence electrons.